The van der Waals surface area contributed by atoms with Gasteiger partial charge in [0.1, 0.15) is 5.75 Å². The van der Waals surface area contributed by atoms with Gasteiger partial charge < -0.3 is 9.64 Å². The highest BCUT2D eigenvalue weighted by Gasteiger charge is 2.53. The third-order valence-electron chi connectivity index (χ3n) is 6.32. The van der Waals surface area contributed by atoms with Crippen molar-refractivity contribution in [2.24, 2.45) is 5.92 Å². The molecule has 0 N–H and O–H groups in total. The summed E-state index contributed by atoms with van der Waals surface area (Å²) in [7, 11) is 4.12. The van der Waals surface area contributed by atoms with Crippen molar-refractivity contribution in [2.45, 2.75) is 50.0 Å². The van der Waals surface area contributed by atoms with E-state index in [1.54, 1.807) is 18.2 Å². The van der Waals surface area contributed by atoms with Gasteiger partial charge in [-0.2, -0.15) is 0 Å². The van der Waals surface area contributed by atoms with Crippen molar-refractivity contribution in [3.8, 4) is 5.75 Å². The Morgan fingerprint density at radius 1 is 1.25 bits per heavy atom. The molecule has 0 spiro atoms. The number of methoxy groups -OCH3 is 1. The van der Waals surface area contributed by atoms with Crippen molar-refractivity contribution in [1.29, 1.82) is 0 Å². The highest BCUT2D eigenvalue weighted by molar-refractivity contribution is 5.45. The van der Waals surface area contributed by atoms with Crippen LogP contribution in [0.3, 0.4) is 0 Å². The maximum absolute atomic E-state index is 5.51. The van der Waals surface area contributed by atoms with Crippen LogP contribution in [0.1, 0.15) is 43.2 Å². The first-order valence-corrected chi connectivity index (χ1v) is 8.12. The quantitative estimate of drug-likeness (QED) is 0.776. The number of benzene rings is 1. The van der Waals surface area contributed by atoms with E-state index in [1.807, 2.05) is 0 Å². The monoisotopic (exact) mass is 271 g/mol. The number of ether oxygens (including phenoxy) is 1. The van der Waals surface area contributed by atoms with E-state index in [-0.39, 0.29) is 0 Å². The summed E-state index contributed by atoms with van der Waals surface area (Å²) in [5.74, 6) is 1.91. The average molecular weight is 271 g/mol. The van der Waals surface area contributed by atoms with Gasteiger partial charge in [0, 0.05) is 11.5 Å². The topological polar surface area (TPSA) is 12.5 Å². The summed E-state index contributed by atoms with van der Waals surface area (Å²) in [5.41, 5.74) is 3.67. The molecular weight excluding hydrogens is 246 g/mol. The van der Waals surface area contributed by atoms with Crippen molar-refractivity contribution in [2.75, 3.05) is 20.7 Å². The molecule has 0 amide bonds. The highest BCUT2D eigenvalue weighted by atomic mass is 16.5. The van der Waals surface area contributed by atoms with Gasteiger partial charge in [-0.1, -0.05) is 18.9 Å². The molecule has 0 aromatic heterocycles. The molecule has 1 unspecified atom stereocenters. The zero-order chi connectivity index (χ0) is 13.7. The molecule has 20 heavy (non-hydrogen) atoms. The second-order valence-corrected chi connectivity index (χ2v) is 7.03. The fourth-order valence-electron chi connectivity index (χ4n) is 5.30. The number of hydrogen-bond acceptors (Lipinski definition) is 2. The summed E-state index contributed by atoms with van der Waals surface area (Å²) in [6, 6.07) is 7.60. The van der Waals surface area contributed by atoms with Gasteiger partial charge in [-0.25, -0.2) is 0 Å². The zero-order valence-electron chi connectivity index (χ0n) is 12.7. The Hall–Kier alpha value is -1.02. The second-order valence-electron chi connectivity index (χ2n) is 7.03. The van der Waals surface area contributed by atoms with Crippen LogP contribution in [-0.2, 0) is 11.8 Å². The van der Waals surface area contributed by atoms with Crippen LogP contribution in [0.25, 0.3) is 0 Å². The predicted molar refractivity (Wildman–Crippen MR) is 81.4 cm³/mol. The molecule has 2 bridgehead atoms. The van der Waals surface area contributed by atoms with Crippen LogP contribution in [0.15, 0.2) is 18.2 Å². The first-order valence-electron chi connectivity index (χ1n) is 8.12. The van der Waals surface area contributed by atoms with E-state index in [9.17, 15) is 0 Å². The molecule has 2 fully saturated rings. The number of likely N-dealkylation sites (tertiary alicyclic amines) is 1. The van der Waals surface area contributed by atoms with Crippen molar-refractivity contribution in [1.82, 2.24) is 4.90 Å². The van der Waals surface area contributed by atoms with Crippen molar-refractivity contribution in [3.05, 3.63) is 29.3 Å². The number of fused-ring (bicyclic) bond motifs is 1. The highest BCUT2D eigenvalue weighted by Crippen LogP contribution is 2.55. The smallest absolute Gasteiger partial charge is 0.119 e. The number of piperidine rings is 1. The van der Waals surface area contributed by atoms with E-state index in [0.717, 1.165) is 17.7 Å². The van der Waals surface area contributed by atoms with Crippen LogP contribution in [0.4, 0.5) is 0 Å². The summed E-state index contributed by atoms with van der Waals surface area (Å²) in [4.78, 5) is 2.63. The fourth-order valence-corrected chi connectivity index (χ4v) is 5.30. The number of hydrogen-bond donors (Lipinski definition) is 0. The summed E-state index contributed by atoms with van der Waals surface area (Å²) in [6.07, 6.45) is 8.22. The van der Waals surface area contributed by atoms with Gasteiger partial charge in [-0.3, -0.25) is 0 Å². The van der Waals surface area contributed by atoms with Gasteiger partial charge in [0.25, 0.3) is 0 Å². The molecular formula is C18H25NO. The van der Waals surface area contributed by atoms with Crippen LogP contribution < -0.4 is 4.74 Å². The van der Waals surface area contributed by atoms with Crippen molar-refractivity contribution in [3.63, 3.8) is 0 Å². The van der Waals surface area contributed by atoms with Gasteiger partial charge in [-0.05, 0) is 68.5 Å². The molecule has 2 heteroatoms. The van der Waals surface area contributed by atoms with Crippen molar-refractivity contribution < 1.29 is 4.74 Å². The minimum absolute atomic E-state index is 0.456. The largest absolute Gasteiger partial charge is 0.497 e. The lowest BCUT2D eigenvalue weighted by Crippen LogP contribution is -2.59. The lowest BCUT2D eigenvalue weighted by atomic mass is 9.52. The predicted octanol–water partition coefficient (Wildman–Crippen LogP) is 3.38. The Morgan fingerprint density at radius 3 is 3.00 bits per heavy atom. The van der Waals surface area contributed by atoms with Crippen molar-refractivity contribution >= 4 is 0 Å². The number of likely N-dealkylation sites (N-methyl/N-ethyl adjacent to an activating group) is 1. The Kier molecular flexibility index (Phi) is 2.85. The minimum atomic E-state index is 0.456. The lowest BCUT2D eigenvalue weighted by molar-refractivity contribution is 0.00274. The molecule has 4 rings (SSSR count). The Balaban J connectivity index is 1.88. The number of rotatable bonds is 1. The van der Waals surface area contributed by atoms with Gasteiger partial charge >= 0.3 is 0 Å². The minimum Gasteiger partial charge on any atom is -0.497 e. The second kappa shape index (κ2) is 4.49. The first kappa shape index (κ1) is 12.7. The van der Waals surface area contributed by atoms with Crippen LogP contribution in [0.5, 0.6) is 5.75 Å². The fraction of sp³-hybridized carbons (Fsp3) is 0.667. The Morgan fingerprint density at radius 2 is 2.15 bits per heavy atom. The molecule has 1 aromatic rings. The molecule has 1 aliphatic heterocycles. The average Bonchev–Trinajstić information content (AvgIpc) is 2.50. The SMILES string of the molecule is COc1ccc2c(c1)[C@]13CCCCC1[C@H](C2)N(C)CC3. The first-order chi connectivity index (χ1) is 9.74. The summed E-state index contributed by atoms with van der Waals surface area (Å²) in [5, 5.41) is 0. The normalized spacial score (nSPS) is 36.1. The summed E-state index contributed by atoms with van der Waals surface area (Å²) >= 11 is 0. The number of nitrogens with zero attached hydrogens (tertiary/aromatic N) is 1. The maximum atomic E-state index is 5.51. The molecule has 1 heterocycles. The van der Waals surface area contributed by atoms with Crippen LogP contribution in [0.2, 0.25) is 0 Å². The molecule has 1 saturated carbocycles. The molecule has 1 saturated heterocycles. The lowest BCUT2D eigenvalue weighted by Gasteiger charge is -2.58. The summed E-state index contributed by atoms with van der Waals surface area (Å²) < 4.78 is 5.51. The Labute approximate surface area is 122 Å². The molecule has 1 aromatic carbocycles. The van der Waals surface area contributed by atoms with Crippen LogP contribution >= 0.6 is 0 Å². The molecule has 0 radical (unpaired) electrons. The molecule has 2 nitrogen and oxygen atoms in total. The van der Waals surface area contributed by atoms with E-state index < -0.39 is 0 Å². The van der Waals surface area contributed by atoms with Crippen LogP contribution in [0, 0.1) is 5.92 Å². The molecule has 3 atom stereocenters. The van der Waals surface area contributed by atoms with E-state index in [1.165, 1.54) is 45.1 Å². The van der Waals surface area contributed by atoms with Crippen LogP contribution in [-0.4, -0.2) is 31.6 Å². The van der Waals surface area contributed by atoms with E-state index >= 15 is 0 Å². The standard InChI is InChI=1S/C18H25NO/c1-19-10-9-18-8-4-3-5-15(18)17(19)11-13-6-7-14(20-2)12-16(13)18/h6-7,12,15,17H,3-5,8-11H2,1-2H3/t15?,17-,18-/m0/s1. The molecule has 2 aliphatic carbocycles. The van der Waals surface area contributed by atoms with Gasteiger partial charge in [-0.15, -0.1) is 0 Å². The Bertz CT molecular complexity index is 526. The third kappa shape index (κ3) is 1.60. The maximum Gasteiger partial charge on any atom is 0.119 e. The van der Waals surface area contributed by atoms with Gasteiger partial charge in [0.2, 0.25) is 0 Å². The zero-order valence-corrected chi connectivity index (χ0v) is 12.7. The van der Waals surface area contributed by atoms with Gasteiger partial charge in [0.05, 0.1) is 7.11 Å². The van der Waals surface area contributed by atoms with E-state index in [0.29, 0.717) is 5.41 Å². The van der Waals surface area contributed by atoms with Gasteiger partial charge in [0.15, 0.2) is 0 Å². The molecule has 108 valence electrons. The molecule has 3 aliphatic rings. The third-order valence-corrected chi connectivity index (χ3v) is 6.32. The van der Waals surface area contributed by atoms with E-state index in [4.69, 9.17) is 4.74 Å². The van der Waals surface area contributed by atoms with E-state index in [2.05, 4.69) is 30.1 Å². The summed E-state index contributed by atoms with van der Waals surface area (Å²) in [6.45, 7) is 1.26.